The van der Waals surface area contributed by atoms with Gasteiger partial charge in [-0.2, -0.15) is 0 Å². The highest BCUT2D eigenvalue weighted by Crippen LogP contribution is 2.19. The van der Waals surface area contributed by atoms with Crippen LogP contribution in [0, 0.1) is 0 Å². The second-order valence-electron chi connectivity index (χ2n) is 26.0. The maximum absolute atomic E-state index is 12.5. The number of hydrogen-bond acceptors (Lipinski definition) is 5. The van der Waals surface area contributed by atoms with E-state index in [-0.39, 0.29) is 18.5 Å². The van der Waals surface area contributed by atoms with Gasteiger partial charge in [-0.1, -0.05) is 378 Å². The number of nitrogens with one attached hydrogen (secondary N) is 1. The second-order valence-corrected chi connectivity index (χ2v) is 26.0. The van der Waals surface area contributed by atoms with Crippen LogP contribution in [0.2, 0.25) is 0 Å². The van der Waals surface area contributed by atoms with Gasteiger partial charge in [0.2, 0.25) is 5.91 Å². The average Bonchev–Trinajstić information content (AvgIpc) is 3.48. The summed E-state index contributed by atoms with van der Waals surface area (Å²) in [5.41, 5.74) is 0. The Morgan fingerprint density at radius 3 is 0.866 bits per heavy atom. The minimum atomic E-state index is -0.845. The molecule has 0 aromatic rings. The highest BCUT2D eigenvalue weighted by Gasteiger charge is 2.18. The van der Waals surface area contributed by atoms with Crippen molar-refractivity contribution in [3.8, 4) is 0 Å². The Bertz CT molecular complexity index is 1280. The van der Waals surface area contributed by atoms with E-state index < -0.39 is 12.1 Å². The van der Waals surface area contributed by atoms with Crippen molar-refractivity contribution in [1.82, 2.24) is 5.32 Å². The number of rotatable bonds is 71. The molecule has 0 aliphatic heterocycles. The van der Waals surface area contributed by atoms with E-state index in [0.717, 1.165) is 38.5 Å². The lowest BCUT2D eigenvalue weighted by molar-refractivity contribution is -0.143. The summed E-state index contributed by atoms with van der Waals surface area (Å²) in [6.07, 6.45) is 91.4. The number of hydrogen-bond donors (Lipinski definition) is 3. The van der Waals surface area contributed by atoms with E-state index in [1.54, 1.807) is 6.08 Å². The van der Waals surface area contributed by atoms with E-state index in [2.05, 4.69) is 31.3 Å². The van der Waals surface area contributed by atoms with E-state index in [1.807, 2.05) is 6.08 Å². The van der Waals surface area contributed by atoms with Crippen molar-refractivity contribution in [2.24, 2.45) is 0 Å². The number of esters is 1. The molecule has 6 heteroatoms. The zero-order chi connectivity index (χ0) is 59.2. The molecule has 0 heterocycles. The van der Waals surface area contributed by atoms with Crippen molar-refractivity contribution in [2.75, 3.05) is 13.2 Å². The molecule has 0 aromatic carbocycles. The summed E-state index contributed by atoms with van der Waals surface area (Å²) in [5, 5.41) is 23.3. The summed E-state index contributed by atoms with van der Waals surface area (Å²) in [5.74, 6) is -0.0437. The molecule has 486 valence electrons. The van der Waals surface area contributed by atoms with E-state index in [4.69, 9.17) is 4.74 Å². The summed E-state index contributed by atoms with van der Waals surface area (Å²) in [6, 6.07) is -0.628. The number of aliphatic hydroxyl groups is 2. The van der Waals surface area contributed by atoms with Crippen LogP contribution < -0.4 is 5.32 Å². The van der Waals surface area contributed by atoms with Crippen molar-refractivity contribution in [2.45, 2.75) is 437 Å². The fourth-order valence-corrected chi connectivity index (χ4v) is 12.0. The molecule has 0 aliphatic carbocycles. The van der Waals surface area contributed by atoms with Gasteiger partial charge in [-0.3, -0.25) is 9.59 Å². The molecule has 82 heavy (non-hydrogen) atoms. The smallest absolute Gasteiger partial charge is 0.305 e. The number of ether oxygens (including phenoxy) is 1. The van der Waals surface area contributed by atoms with Gasteiger partial charge in [0.1, 0.15) is 0 Å². The third kappa shape index (κ3) is 67.5. The van der Waals surface area contributed by atoms with Crippen molar-refractivity contribution in [3.05, 3.63) is 24.3 Å². The Morgan fingerprint density at radius 2 is 0.573 bits per heavy atom. The Kier molecular flexibility index (Phi) is 70.4. The minimum absolute atomic E-state index is 0.0186. The predicted molar refractivity (Wildman–Crippen MR) is 361 cm³/mol. The van der Waals surface area contributed by atoms with E-state index in [0.29, 0.717) is 19.4 Å². The third-order valence-electron chi connectivity index (χ3n) is 17.7. The number of unbranched alkanes of at least 4 members (excludes halogenated alkanes) is 58. The predicted octanol–water partition coefficient (Wildman–Crippen LogP) is 24.5. The van der Waals surface area contributed by atoms with Crippen molar-refractivity contribution < 1.29 is 24.5 Å². The molecular formula is C76H147NO5. The molecule has 0 fully saturated rings. The van der Waals surface area contributed by atoms with Crippen LogP contribution in [-0.4, -0.2) is 47.4 Å². The molecule has 1 amide bonds. The van der Waals surface area contributed by atoms with E-state index in [1.165, 1.54) is 360 Å². The van der Waals surface area contributed by atoms with E-state index >= 15 is 0 Å². The Hall–Kier alpha value is -1.66. The Balaban J connectivity index is 3.39. The van der Waals surface area contributed by atoms with Crippen LogP contribution in [0.25, 0.3) is 0 Å². The standard InChI is InChI=1S/C76H147NO5/c1-3-5-7-9-11-13-15-17-18-19-20-21-29-32-35-38-41-45-48-52-56-60-64-68-74(79)73(72-78)77-75(80)69-65-61-57-53-49-46-42-39-36-33-30-27-25-23-22-24-26-28-31-34-37-40-43-47-51-55-59-63-67-71-82-76(81)70-66-62-58-54-50-44-16-14-12-10-8-6-4-2/h22,24,64,68,73-74,78-79H,3-21,23,25-63,65-67,69-72H2,1-2H3,(H,77,80)/b24-22-,68-64+. The van der Waals surface area contributed by atoms with Gasteiger partial charge in [-0.05, 0) is 57.8 Å². The molecule has 6 nitrogen and oxygen atoms in total. The van der Waals surface area contributed by atoms with Gasteiger partial charge >= 0.3 is 5.97 Å². The van der Waals surface area contributed by atoms with Gasteiger partial charge in [0.05, 0.1) is 25.4 Å². The molecule has 0 spiro atoms. The molecule has 0 aromatic heterocycles. The lowest BCUT2D eigenvalue weighted by Gasteiger charge is -2.20. The Labute approximate surface area is 513 Å². The highest BCUT2D eigenvalue weighted by molar-refractivity contribution is 5.76. The fraction of sp³-hybridized carbons (Fsp3) is 0.921. The molecule has 0 saturated heterocycles. The molecular weight excluding hydrogens is 1010 g/mol. The first kappa shape index (κ1) is 80.3. The van der Waals surface area contributed by atoms with E-state index in [9.17, 15) is 19.8 Å². The molecule has 0 aliphatic rings. The first-order chi connectivity index (χ1) is 40.5. The average molecular weight is 1160 g/mol. The maximum Gasteiger partial charge on any atom is 0.305 e. The third-order valence-corrected chi connectivity index (χ3v) is 17.7. The lowest BCUT2D eigenvalue weighted by atomic mass is 10.0. The molecule has 2 unspecified atom stereocenters. The van der Waals surface area contributed by atoms with Gasteiger partial charge in [0, 0.05) is 12.8 Å². The second kappa shape index (κ2) is 71.8. The highest BCUT2D eigenvalue weighted by atomic mass is 16.5. The van der Waals surface area contributed by atoms with Crippen LogP contribution in [-0.2, 0) is 14.3 Å². The van der Waals surface area contributed by atoms with Crippen molar-refractivity contribution >= 4 is 11.9 Å². The van der Waals surface area contributed by atoms with Crippen LogP contribution in [0.15, 0.2) is 24.3 Å². The van der Waals surface area contributed by atoms with Crippen LogP contribution in [0.1, 0.15) is 425 Å². The zero-order valence-corrected chi connectivity index (χ0v) is 55.8. The molecule has 0 saturated carbocycles. The molecule has 0 bridgehead atoms. The maximum atomic E-state index is 12.5. The molecule has 0 rings (SSSR count). The monoisotopic (exact) mass is 1150 g/mol. The summed E-state index contributed by atoms with van der Waals surface area (Å²) < 4.78 is 5.49. The number of carbonyl (C=O) groups excluding carboxylic acids is 2. The van der Waals surface area contributed by atoms with Gasteiger partial charge in [-0.15, -0.1) is 0 Å². The SMILES string of the molecule is CCCCCCCCCCCCCCCCCCCCCCC/C=C/C(O)C(CO)NC(=O)CCCCCCCCCCCCCCC/C=C\CCCCCCCCCCCCCCOC(=O)CCCCCCCCCCCCCCC. The zero-order valence-electron chi connectivity index (χ0n) is 55.8. The van der Waals surface area contributed by atoms with Crippen molar-refractivity contribution in [3.63, 3.8) is 0 Å². The first-order valence-electron chi connectivity index (χ1n) is 37.6. The fourth-order valence-electron chi connectivity index (χ4n) is 12.0. The van der Waals surface area contributed by atoms with Gasteiger partial charge < -0.3 is 20.3 Å². The molecule has 2 atom stereocenters. The van der Waals surface area contributed by atoms with Gasteiger partial charge in [0.25, 0.3) is 0 Å². The van der Waals surface area contributed by atoms with Crippen LogP contribution in [0.5, 0.6) is 0 Å². The van der Waals surface area contributed by atoms with Crippen molar-refractivity contribution in [1.29, 1.82) is 0 Å². The minimum Gasteiger partial charge on any atom is -0.466 e. The number of aliphatic hydroxyl groups excluding tert-OH is 2. The topological polar surface area (TPSA) is 95.9 Å². The lowest BCUT2D eigenvalue weighted by Crippen LogP contribution is -2.45. The number of carbonyl (C=O) groups is 2. The Morgan fingerprint density at radius 1 is 0.329 bits per heavy atom. The normalized spacial score (nSPS) is 12.6. The number of amides is 1. The quantitative estimate of drug-likeness (QED) is 0.0320. The van der Waals surface area contributed by atoms with Gasteiger partial charge in [0.15, 0.2) is 0 Å². The summed E-state index contributed by atoms with van der Waals surface area (Å²) >= 11 is 0. The van der Waals surface area contributed by atoms with Crippen LogP contribution >= 0.6 is 0 Å². The largest absolute Gasteiger partial charge is 0.466 e. The van der Waals surface area contributed by atoms with Crippen LogP contribution in [0.4, 0.5) is 0 Å². The van der Waals surface area contributed by atoms with Crippen LogP contribution in [0.3, 0.4) is 0 Å². The first-order valence-corrected chi connectivity index (χ1v) is 37.6. The number of allylic oxidation sites excluding steroid dienone is 3. The summed E-state index contributed by atoms with van der Waals surface area (Å²) in [6.45, 7) is 4.95. The summed E-state index contributed by atoms with van der Waals surface area (Å²) in [4.78, 5) is 24.6. The summed E-state index contributed by atoms with van der Waals surface area (Å²) in [7, 11) is 0. The molecule has 0 radical (unpaired) electrons. The van der Waals surface area contributed by atoms with Gasteiger partial charge in [-0.25, -0.2) is 0 Å². The molecule has 3 N–H and O–H groups in total.